The van der Waals surface area contributed by atoms with E-state index in [0.29, 0.717) is 19.8 Å². The van der Waals surface area contributed by atoms with Crippen LogP contribution in [-0.2, 0) is 22.5 Å². The van der Waals surface area contributed by atoms with Crippen molar-refractivity contribution < 1.29 is 19.0 Å². The second-order valence-electron chi connectivity index (χ2n) is 9.01. The quantitative estimate of drug-likeness (QED) is 0.333. The average Bonchev–Trinajstić information content (AvgIpc) is 3.55. The minimum atomic E-state index is -0.240. The molecule has 188 valence electrons. The Morgan fingerprint density at radius 1 is 1.09 bits per heavy atom. The van der Waals surface area contributed by atoms with Crippen molar-refractivity contribution in [2.45, 2.75) is 64.0 Å². The molecule has 3 aromatic rings. The molecule has 35 heavy (non-hydrogen) atoms. The SMILES string of the molecule is COc1cccc(OCCCCn2c(CCCCCNC(=O)C3CCCO3)nc3ccccc32)c1. The van der Waals surface area contributed by atoms with Gasteiger partial charge in [0.2, 0.25) is 5.91 Å². The number of rotatable bonds is 14. The number of carbonyl (C=O) groups is 1. The molecule has 1 aromatic heterocycles. The zero-order valence-corrected chi connectivity index (χ0v) is 20.7. The van der Waals surface area contributed by atoms with Crippen LogP contribution in [0.5, 0.6) is 11.5 Å². The van der Waals surface area contributed by atoms with Gasteiger partial charge in [0.1, 0.15) is 23.4 Å². The zero-order chi connectivity index (χ0) is 24.3. The molecule has 1 atom stereocenters. The normalized spacial score (nSPS) is 15.4. The van der Waals surface area contributed by atoms with Crippen molar-refractivity contribution in [3.05, 3.63) is 54.4 Å². The maximum Gasteiger partial charge on any atom is 0.249 e. The van der Waals surface area contributed by atoms with Gasteiger partial charge >= 0.3 is 0 Å². The van der Waals surface area contributed by atoms with E-state index in [1.54, 1.807) is 7.11 Å². The number of unbranched alkanes of at least 4 members (excludes halogenated alkanes) is 3. The zero-order valence-electron chi connectivity index (χ0n) is 20.7. The lowest BCUT2D eigenvalue weighted by Gasteiger charge is -2.11. The molecule has 0 aliphatic carbocycles. The number of aromatic nitrogens is 2. The summed E-state index contributed by atoms with van der Waals surface area (Å²) >= 11 is 0. The van der Waals surface area contributed by atoms with Crippen LogP contribution in [0.3, 0.4) is 0 Å². The predicted octanol–water partition coefficient (Wildman–Crippen LogP) is 4.91. The average molecular weight is 480 g/mol. The van der Waals surface area contributed by atoms with Crippen LogP contribution in [0.15, 0.2) is 48.5 Å². The lowest BCUT2D eigenvalue weighted by atomic mass is 10.1. The van der Waals surface area contributed by atoms with E-state index >= 15 is 0 Å². The summed E-state index contributed by atoms with van der Waals surface area (Å²) in [5.74, 6) is 2.83. The van der Waals surface area contributed by atoms with Gasteiger partial charge in [-0.1, -0.05) is 24.6 Å². The second-order valence-corrected chi connectivity index (χ2v) is 9.01. The van der Waals surface area contributed by atoms with E-state index in [9.17, 15) is 4.79 Å². The van der Waals surface area contributed by atoms with E-state index in [1.165, 1.54) is 5.52 Å². The molecule has 1 saturated heterocycles. The monoisotopic (exact) mass is 479 g/mol. The number of carbonyl (C=O) groups excluding carboxylic acids is 1. The second kappa shape index (κ2) is 13.1. The predicted molar refractivity (Wildman–Crippen MR) is 137 cm³/mol. The smallest absolute Gasteiger partial charge is 0.249 e. The fourth-order valence-corrected chi connectivity index (χ4v) is 4.51. The van der Waals surface area contributed by atoms with Crippen molar-refractivity contribution in [1.29, 1.82) is 0 Å². The Labute approximate surface area is 207 Å². The molecule has 7 nitrogen and oxygen atoms in total. The van der Waals surface area contributed by atoms with E-state index < -0.39 is 0 Å². The van der Waals surface area contributed by atoms with Gasteiger partial charge < -0.3 is 24.1 Å². The van der Waals surface area contributed by atoms with Crippen molar-refractivity contribution in [3.8, 4) is 11.5 Å². The van der Waals surface area contributed by atoms with Crippen molar-refractivity contribution >= 4 is 16.9 Å². The van der Waals surface area contributed by atoms with Gasteiger partial charge in [-0.15, -0.1) is 0 Å². The number of nitrogens with one attached hydrogen (secondary N) is 1. The van der Waals surface area contributed by atoms with Crippen LogP contribution in [0.4, 0.5) is 0 Å². The molecule has 1 amide bonds. The van der Waals surface area contributed by atoms with Gasteiger partial charge in [0, 0.05) is 32.2 Å². The van der Waals surface area contributed by atoms with Gasteiger partial charge in [0.25, 0.3) is 0 Å². The van der Waals surface area contributed by atoms with Crippen molar-refractivity contribution in [2.24, 2.45) is 0 Å². The maximum atomic E-state index is 12.0. The molecule has 4 rings (SSSR count). The number of hydrogen-bond acceptors (Lipinski definition) is 5. The summed E-state index contributed by atoms with van der Waals surface area (Å²) in [5, 5.41) is 3.01. The largest absolute Gasteiger partial charge is 0.497 e. The first-order valence-electron chi connectivity index (χ1n) is 12.8. The number of benzene rings is 2. The summed E-state index contributed by atoms with van der Waals surface area (Å²) in [6.45, 7) is 3.01. The summed E-state index contributed by atoms with van der Waals surface area (Å²) in [6, 6.07) is 16.1. The van der Waals surface area contributed by atoms with Crippen LogP contribution in [0, 0.1) is 0 Å². The summed E-state index contributed by atoms with van der Waals surface area (Å²) in [6.07, 6.45) is 7.59. The van der Waals surface area contributed by atoms with Gasteiger partial charge in [-0.25, -0.2) is 4.98 Å². The summed E-state index contributed by atoms with van der Waals surface area (Å²) in [5.41, 5.74) is 2.25. The summed E-state index contributed by atoms with van der Waals surface area (Å²) in [7, 11) is 1.66. The Morgan fingerprint density at radius 3 is 2.83 bits per heavy atom. The minimum absolute atomic E-state index is 0.0414. The van der Waals surface area contributed by atoms with E-state index in [1.807, 2.05) is 30.3 Å². The molecule has 1 aliphatic rings. The lowest BCUT2D eigenvalue weighted by Crippen LogP contribution is -2.34. The van der Waals surface area contributed by atoms with Crippen molar-refractivity contribution in [3.63, 3.8) is 0 Å². The molecular formula is C28H37N3O4. The third-order valence-electron chi connectivity index (χ3n) is 6.42. The van der Waals surface area contributed by atoms with Crippen LogP contribution >= 0.6 is 0 Å². The fraction of sp³-hybridized carbons (Fsp3) is 0.500. The summed E-state index contributed by atoms with van der Waals surface area (Å²) < 4.78 is 18.9. The third kappa shape index (κ3) is 7.21. The van der Waals surface area contributed by atoms with E-state index in [0.717, 1.165) is 80.8 Å². The number of nitrogens with zero attached hydrogens (tertiary/aromatic N) is 2. The Morgan fingerprint density at radius 2 is 1.97 bits per heavy atom. The Kier molecular flexibility index (Phi) is 9.40. The van der Waals surface area contributed by atoms with Gasteiger partial charge in [-0.05, 0) is 62.8 Å². The highest BCUT2D eigenvalue weighted by Gasteiger charge is 2.22. The lowest BCUT2D eigenvalue weighted by molar-refractivity contribution is -0.130. The Balaban J connectivity index is 1.21. The third-order valence-corrected chi connectivity index (χ3v) is 6.42. The molecule has 2 aromatic carbocycles. The first kappa shape index (κ1) is 25.0. The molecule has 0 radical (unpaired) electrons. The number of fused-ring (bicyclic) bond motifs is 1. The number of aryl methyl sites for hydroxylation is 2. The molecule has 0 bridgehead atoms. The van der Waals surface area contributed by atoms with Gasteiger partial charge in [0.15, 0.2) is 0 Å². The number of methoxy groups -OCH3 is 1. The van der Waals surface area contributed by atoms with Crippen LogP contribution in [0.25, 0.3) is 11.0 Å². The number of ether oxygens (including phenoxy) is 3. The van der Waals surface area contributed by atoms with Crippen LogP contribution in [0.1, 0.15) is 50.8 Å². The Hall–Kier alpha value is -3.06. The highest BCUT2D eigenvalue weighted by atomic mass is 16.5. The first-order chi connectivity index (χ1) is 17.2. The molecule has 0 saturated carbocycles. The highest BCUT2D eigenvalue weighted by molar-refractivity contribution is 5.80. The molecule has 7 heteroatoms. The minimum Gasteiger partial charge on any atom is -0.497 e. The maximum absolute atomic E-state index is 12.0. The van der Waals surface area contributed by atoms with Crippen LogP contribution in [0.2, 0.25) is 0 Å². The van der Waals surface area contributed by atoms with E-state index in [-0.39, 0.29) is 12.0 Å². The molecule has 2 heterocycles. The highest BCUT2D eigenvalue weighted by Crippen LogP contribution is 2.21. The van der Waals surface area contributed by atoms with Crippen molar-refractivity contribution in [2.75, 3.05) is 26.9 Å². The first-order valence-corrected chi connectivity index (χ1v) is 12.8. The van der Waals surface area contributed by atoms with Crippen molar-refractivity contribution in [1.82, 2.24) is 14.9 Å². The number of imidazole rings is 1. The molecule has 0 spiro atoms. The standard InChI is InChI=1S/C28H37N3O4/c1-33-22-11-9-12-23(21-22)34-19-8-7-18-31-25-14-5-4-13-24(25)30-27(31)16-3-2-6-17-29-28(32)26-15-10-20-35-26/h4-5,9,11-14,21,26H,2-3,6-8,10,15-20H2,1H3,(H,29,32). The summed E-state index contributed by atoms with van der Waals surface area (Å²) in [4.78, 5) is 16.9. The fourth-order valence-electron chi connectivity index (χ4n) is 4.51. The van der Waals surface area contributed by atoms with E-state index in [2.05, 4.69) is 28.1 Å². The van der Waals surface area contributed by atoms with Crippen LogP contribution in [-0.4, -0.2) is 48.4 Å². The van der Waals surface area contributed by atoms with Crippen LogP contribution < -0.4 is 14.8 Å². The molecular weight excluding hydrogens is 442 g/mol. The van der Waals surface area contributed by atoms with E-state index in [4.69, 9.17) is 19.2 Å². The molecule has 1 fully saturated rings. The number of amides is 1. The number of hydrogen-bond donors (Lipinski definition) is 1. The molecule has 1 aliphatic heterocycles. The number of para-hydroxylation sites is 2. The Bertz CT molecular complexity index is 1080. The van der Waals surface area contributed by atoms with Gasteiger partial charge in [-0.2, -0.15) is 0 Å². The van der Waals surface area contributed by atoms with Gasteiger partial charge in [0.05, 0.1) is 24.8 Å². The topological polar surface area (TPSA) is 74.6 Å². The van der Waals surface area contributed by atoms with Gasteiger partial charge in [-0.3, -0.25) is 4.79 Å². The molecule has 1 unspecified atom stereocenters. The molecule has 1 N–H and O–H groups in total.